The summed E-state index contributed by atoms with van der Waals surface area (Å²) in [5.41, 5.74) is 1.72. The zero-order valence-corrected chi connectivity index (χ0v) is 28.1. The van der Waals surface area contributed by atoms with Crippen LogP contribution in [0.15, 0.2) is 48.5 Å². The van der Waals surface area contributed by atoms with E-state index in [0.29, 0.717) is 6.54 Å². The Morgan fingerprint density at radius 2 is 1.58 bits per heavy atom. The molecule has 0 radical (unpaired) electrons. The number of nitrogens with zero attached hydrogens (tertiary/aromatic N) is 1. The van der Waals surface area contributed by atoms with Crippen molar-refractivity contribution < 1.29 is 24.2 Å². The molecule has 0 saturated heterocycles. The van der Waals surface area contributed by atoms with E-state index < -0.39 is 23.8 Å². The van der Waals surface area contributed by atoms with Crippen LogP contribution in [-0.2, 0) is 20.7 Å². The summed E-state index contributed by atoms with van der Waals surface area (Å²) in [6.07, 6.45) is 10.9. The van der Waals surface area contributed by atoms with E-state index in [9.17, 15) is 19.5 Å². The Balaban J connectivity index is 2.01. The number of hydrogen-bond donors (Lipinski definition) is 3. The summed E-state index contributed by atoms with van der Waals surface area (Å²) in [6.45, 7) is 9.86. The van der Waals surface area contributed by atoms with Gasteiger partial charge in [0, 0.05) is 19.0 Å². The molecule has 1 fully saturated rings. The van der Waals surface area contributed by atoms with E-state index in [0.717, 1.165) is 74.5 Å². The summed E-state index contributed by atoms with van der Waals surface area (Å²) >= 11 is 0. The van der Waals surface area contributed by atoms with Gasteiger partial charge in [-0.05, 0) is 75.8 Å². The van der Waals surface area contributed by atoms with Gasteiger partial charge < -0.3 is 25.4 Å². The molecule has 3 N–H and O–H groups in total. The molecule has 2 aromatic carbocycles. The van der Waals surface area contributed by atoms with Crippen molar-refractivity contribution in [2.75, 3.05) is 6.54 Å². The zero-order chi connectivity index (χ0) is 32.8. The minimum Gasteiger partial charge on any atom is -0.508 e. The van der Waals surface area contributed by atoms with Crippen LogP contribution < -0.4 is 10.6 Å². The van der Waals surface area contributed by atoms with E-state index in [1.165, 1.54) is 12.8 Å². The fourth-order valence-electron chi connectivity index (χ4n) is 6.02. The van der Waals surface area contributed by atoms with Crippen molar-refractivity contribution in [1.82, 2.24) is 15.5 Å². The number of rotatable bonds is 15. The van der Waals surface area contributed by atoms with Gasteiger partial charge in [0.2, 0.25) is 11.8 Å². The second-order valence-electron chi connectivity index (χ2n) is 13.5. The molecule has 0 heterocycles. The quantitative estimate of drug-likeness (QED) is 0.178. The fraction of sp³-hybridized carbons (Fsp3) is 0.595. The van der Waals surface area contributed by atoms with Gasteiger partial charge in [0.1, 0.15) is 23.4 Å². The molecule has 2 unspecified atom stereocenters. The largest absolute Gasteiger partial charge is 0.508 e. The molecule has 3 rings (SSSR count). The first-order valence-corrected chi connectivity index (χ1v) is 16.9. The highest BCUT2D eigenvalue weighted by molar-refractivity contribution is 5.92. The Bertz CT molecular complexity index is 1220. The summed E-state index contributed by atoms with van der Waals surface area (Å²) in [5, 5.41) is 16.0. The van der Waals surface area contributed by atoms with Crippen LogP contribution in [0.4, 0.5) is 4.79 Å². The molecule has 8 nitrogen and oxygen atoms in total. The number of nitrogens with one attached hydrogen (secondary N) is 2. The van der Waals surface area contributed by atoms with E-state index >= 15 is 0 Å². The molecule has 2 aromatic rings. The molecule has 1 saturated carbocycles. The molecule has 0 spiro atoms. The Kier molecular flexibility index (Phi) is 14.2. The SMILES string of the molecule is CCCCCCCCN(C(=O)C(Cc1ccc(O)cc1)NC(=O)OC(C)(C)C)C(C(=O)NC1CCCCC1)c1ccccc1C. The van der Waals surface area contributed by atoms with Crippen molar-refractivity contribution in [2.45, 2.75) is 135 Å². The first kappa shape index (κ1) is 35.9. The van der Waals surface area contributed by atoms with Crippen molar-refractivity contribution in [3.8, 4) is 5.75 Å². The van der Waals surface area contributed by atoms with Crippen molar-refractivity contribution >= 4 is 17.9 Å². The highest BCUT2D eigenvalue weighted by Crippen LogP contribution is 2.28. The molecule has 1 aliphatic carbocycles. The summed E-state index contributed by atoms with van der Waals surface area (Å²) < 4.78 is 5.56. The standard InChI is InChI=1S/C37H55N3O5/c1-6-7-8-9-10-16-25-40(33(31-20-15-14-17-27(31)2)34(42)38-29-18-12-11-13-19-29)35(43)32(39-36(44)45-37(3,4)5)26-28-21-23-30(41)24-22-28/h14-15,17,20-24,29,32-33,41H,6-13,16,18-19,25-26H2,1-5H3,(H,38,42)(H,39,44). The molecule has 0 bridgehead atoms. The number of carbonyl (C=O) groups excluding carboxylic acids is 3. The molecule has 1 aliphatic rings. The Morgan fingerprint density at radius 3 is 2.22 bits per heavy atom. The summed E-state index contributed by atoms with van der Waals surface area (Å²) in [5.74, 6) is -0.406. The minimum absolute atomic E-state index is 0.0800. The number of aryl methyl sites for hydroxylation is 1. The van der Waals surface area contributed by atoms with E-state index in [4.69, 9.17) is 4.74 Å². The van der Waals surface area contributed by atoms with Gasteiger partial charge in [0.25, 0.3) is 0 Å². The maximum atomic E-state index is 14.7. The van der Waals surface area contributed by atoms with Gasteiger partial charge >= 0.3 is 6.09 Å². The van der Waals surface area contributed by atoms with Gasteiger partial charge in [0.15, 0.2) is 0 Å². The number of amides is 3. The first-order valence-electron chi connectivity index (χ1n) is 16.9. The number of hydrogen-bond acceptors (Lipinski definition) is 5. The van der Waals surface area contributed by atoms with Crippen LogP contribution in [0.3, 0.4) is 0 Å². The maximum absolute atomic E-state index is 14.7. The summed E-state index contributed by atoms with van der Waals surface area (Å²) in [4.78, 5) is 43.8. The predicted octanol–water partition coefficient (Wildman–Crippen LogP) is 7.52. The van der Waals surface area contributed by atoms with Crippen LogP contribution in [0.25, 0.3) is 0 Å². The molecular formula is C37H55N3O5. The maximum Gasteiger partial charge on any atom is 0.408 e. The highest BCUT2D eigenvalue weighted by Gasteiger charge is 2.37. The third kappa shape index (κ3) is 12.0. The van der Waals surface area contributed by atoms with Crippen molar-refractivity contribution in [1.29, 1.82) is 0 Å². The van der Waals surface area contributed by atoms with Crippen LogP contribution in [-0.4, -0.2) is 52.1 Å². The number of ether oxygens (including phenoxy) is 1. The second kappa shape index (κ2) is 17.8. The van der Waals surface area contributed by atoms with Crippen LogP contribution in [0, 0.1) is 6.92 Å². The lowest BCUT2D eigenvalue weighted by Gasteiger charge is -2.36. The van der Waals surface area contributed by atoms with Gasteiger partial charge in [-0.2, -0.15) is 0 Å². The number of benzene rings is 2. The van der Waals surface area contributed by atoms with Crippen molar-refractivity contribution in [3.63, 3.8) is 0 Å². The third-order valence-corrected chi connectivity index (χ3v) is 8.40. The van der Waals surface area contributed by atoms with Gasteiger partial charge in [0.05, 0.1) is 0 Å². The zero-order valence-electron chi connectivity index (χ0n) is 28.1. The van der Waals surface area contributed by atoms with Crippen LogP contribution in [0.5, 0.6) is 5.75 Å². The summed E-state index contributed by atoms with van der Waals surface area (Å²) in [6, 6.07) is 12.6. The highest BCUT2D eigenvalue weighted by atomic mass is 16.6. The van der Waals surface area contributed by atoms with Gasteiger partial charge in [-0.25, -0.2) is 4.79 Å². The lowest BCUT2D eigenvalue weighted by molar-refractivity contribution is -0.143. The molecule has 3 amide bonds. The monoisotopic (exact) mass is 621 g/mol. The van der Waals surface area contributed by atoms with E-state index in [2.05, 4.69) is 17.6 Å². The lowest BCUT2D eigenvalue weighted by Crippen LogP contribution is -2.54. The van der Waals surface area contributed by atoms with E-state index in [-0.39, 0.29) is 30.0 Å². The topological polar surface area (TPSA) is 108 Å². The third-order valence-electron chi connectivity index (χ3n) is 8.40. The van der Waals surface area contributed by atoms with E-state index in [1.54, 1.807) is 49.9 Å². The number of alkyl carbamates (subject to hydrolysis) is 1. The number of carbonyl (C=O) groups is 3. The van der Waals surface area contributed by atoms with E-state index in [1.807, 2.05) is 31.2 Å². The molecule has 45 heavy (non-hydrogen) atoms. The minimum atomic E-state index is -0.988. The van der Waals surface area contributed by atoms with Crippen molar-refractivity contribution in [2.24, 2.45) is 0 Å². The average Bonchev–Trinajstić information content (AvgIpc) is 2.99. The van der Waals surface area contributed by atoms with Gasteiger partial charge in [-0.15, -0.1) is 0 Å². The molecule has 0 aliphatic heterocycles. The number of aromatic hydroxyl groups is 1. The van der Waals surface area contributed by atoms with Gasteiger partial charge in [-0.1, -0.05) is 94.7 Å². The molecule has 248 valence electrons. The average molecular weight is 622 g/mol. The molecular weight excluding hydrogens is 566 g/mol. The first-order chi connectivity index (χ1) is 21.5. The number of phenolic OH excluding ortho intramolecular Hbond substituents is 1. The second-order valence-corrected chi connectivity index (χ2v) is 13.5. The van der Waals surface area contributed by atoms with Crippen LogP contribution in [0.1, 0.15) is 121 Å². The lowest BCUT2D eigenvalue weighted by atomic mass is 9.93. The predicted molar refractivity (Wildman–Crippen MR) is 179 cm³/mol. The normalized spacial score (nSPS) is 15.1. The van der Waals surface area contributed by atoms with Crippen LogP contribution in [0.2, 0.25) is 0 Å². The van der Waals surface area contributed by atoms with Gasteiger partial charge in [-0.3, -0.25) is 9.59 Å². The Morgan fingerprint density at radius 1 is 0.933 bits per heavy atom. The summed E-state index contributed by atoms with van der Waals surface area (Å²) in [7, 11) is 0. The molecule has 2 atom stereocenters. The number of phenols is 1. The Hall–Kier alpha value is -3.55. The van der Waals surface area contributed by atoms with Crippen LogP contribution >= 0.6 is 0 Å². The fourth-order valence-corrected chi connectivity index (χ4v) is 6.02. The number of unbranched alkanes of at least 4 members (excludes halogenated alkanes) is 5. The smallest absolute Gasteiger partial charge is 0.408 e. The Labute approximate surface area is 270 Å². The van der Waals surface area contributed by atoms with Crippen molar-refractivity contribution in [3.05, 3.63) is 65.2 Å². The molecule has 8 heteroatoms. The molecule has 0 aromatic heterocycles.